The van der Waals surface area contributed by atoms with E-state index in [1.807, 2.05) is 6.08 Å². The molecule has 0 radical (unpaired) electrons. The fourth-order valence-corrected chi connectivity index (χ4v) is 2.38. The molecular formula is C16H21N. The average molecular weight is 227 g/mol. The van der Waals surface area contributed by atoms with E-state index in [9.17, 15) is 0 Å². The number of allylic oxidation sites excluding steroid dienone is 1. The van der Waals surface area contributed by atoms with E-state index in [2.05, 4.69) is 48.4 Å². The summed E-state index contributed by atoms with van der Waals surface area (Å²) in [5.41, 5.74) is 2.74. The Balaban J connectivity index is 2.02. The lowest BCUT2D eigenvalue weighted by molar-refractivity contribution is 0.595. The summed E-state index contributed by atoms with van der Waals surface area (Å²) in [6.07, 6.45) is 6.97. The summed E-state index contributed by atoms with van der Waals surface area (Å²) in [5, 5.41) is 1.36. The Kier molecular flexibility index (Phi) is 4.03. The predicted octanol–water partition coefficient (Wildman–Crippen LogP) is 4.70. The Morgan fingerprint density at radius 3 is 2.82 bits per heavy atom. The smallest absolute Gasteiger partial charge is 0.0482 e. The summed E-state index contributed by atoms with van der Waals surface area (Å²) in [6, 6.07) is 10.9. The van der Waals surface area contributed by atoms with Gasteiger partial charge in [0.2, 0.25) is 0 Å². The van der Waals surface area contributed by atoms with Crippen molar-refractivity contribution in [3.63, 3.8) is 0 Å². The maximum Gasteiger partial charge on any atom is 0.0482 e. The minimum atomic E-state index is 1.14. The predicted molar refractivity (Wildman–Crippen MR) is 75.3 cm³/mol. The first-order chi connectivity index (χ1) is 8.33. The Labute approximate surface area is 104 Å². The van der Waals surface area contributed by atoms with Crippen LogP contribution in [0.25, 0.3) is 10.9 Å². The first-order valence-electron chi connectivity index (χ1n) is 6.48. The zero-order valence-corrected chi connectivity index (χ0v) is 10.7. The molecule has 1 heteroatoms. The third-order valence-corrected chi connectivity index (χ3v) is 3.31. The minimum absolute atomic E-state index is 1.14. The van der Waals surface area contributed by atoms with Crippen LogP contribution in [0.4, 0.5) is 0 Å². The highest BCUT2D eigenvalue weighted by Gasteiger charge is 2.03. The van der Waals surface area contributed by atoms with Crippen molar-refractivity contribution >= 4 is 10.9 Å². The van der Waals surface area contributed by atoms with Crippen molar-refractivity contribution in [3.8, 4) is 0 Å². The maximum atomic E-state index is 3.76. The SMILES string of the molecule is C=CCCCCCn1c(C)cc2ccccc21. The molecule has 0 spiro atoms. The minimum Gasteiger partial charge on any atom is -0.345 e. The van der Waals surface area contributed by atoms with E-state index >= 15 is 0 Å². The van der Waals surface area contributed by atoms with Gasteiger partial charge in [0.25, 0.3) is 0 Å². The fraction of sp³-hybridized carbons (Fsp3) is 0.375. The van der Waals surface area contributed by atoms with Gasteiger partial charge in [-0.1, -0.05) is 30.7 Å². The summed E-state index contributed by atoms with van der Waals surface area (Å²) < 4.78 is 2.43. The fourth-order valence-electron chi connectivity index (χ4n) is 2.38. The molecule has 2 rings (SSSR count). The van der Waals surface area contributed by atoms with E-state index in [0.717, 1.165) is 13.0 Å². The number of nitrogens with zero attached hydrogens (tertiary/aromatic N) is 1. The van der Waals surface area contributed by atoms with Crippen molar-refractivity contribution in [2.24, 2.45) is 0 Å². The molecule has 0 fully saturated rings. The summed E-state index contributed by atoms with van der Waals surface area (Å²) in [7, 11) is 0. The molecule has 0 amide bonds. The number of unbranched alkanes of at least 4 members (excludes halogenated alkanes) is 3. The zero-order valence-electron chi connectivity index (χ0n) is 10.7. The van der Waals surface area contributed by atoms with Crippen molar-refractivity contribution in [2.75, 3.05) is 0 Å². The molecule has 1 heterocycles. The highest BCUT2D eigenvalue weighted by Crippen LogP contribution is 2.20. The molecule has 1 nitrogen and oxygen atoms in total. The van der Waals surface area contributed by atoms with Gasteiger partial charge in [0.15, 0.2) is 0 Å². The molecule has 0 saturated heterocycles. The Bertz CT molecular complexity index is 493. The standard InChI is InChI=1S/C16H21N/c1-3-4-5-6-9-12-17-14(2)13-15-10-7-8-11-16(15)17/h3,7-8,10-11,13H,1,4-6,9,12H2,2H3. The first-order valence-corrected chi connectivity index (χ1v) is 6.48. The van der Waals surface area contributed by atoms with Crippen LogP contribution >= 0.6 is 0 Å². The van der Waals surface area contributed by atoms with Crippen molar-refractivity contribution in [2.45, 2.75) is 39.2 Å². The van der Waals surface area contributed by atoms with Crippen LogP contribution < -0.4 is 0 Å². The number of aryl methyl sites for hydroxylation is 2. The van der Waals surface area contributed by atoms with Crippen LogP contribution in [-0.2, 0) is 6.54 Å². The number of rotatable bonds is 6. The molecule has 1 aromatic carbocycles. The van der Waals surface area contributed by atoms with Crippen LogP contribution in [0.2, 0.25) is 0 Å². The summed E-state index contributed by atoms with van der Waals surface area (Å²) in [6.45, 7) is 7.09. The Hall–Kier alpha value is -1.50. The molecule has 0 saturated carbocycles. The van der Waals surface area contributed by atoms with Gasteiger partial charge in [0.05, 0.1) is 0 Å². The molecule has 0 unspecified atom stereocenters. The van der Waals surface area contributed by atoms with Crippen LogP contribution in [0.3, 0.4) is 0 Å². The van der Waals surface area contributed by atoms with Crippen molar-refractivity contribution in [3.05, 3.63) is 48.7 Å². The van der Waals surface area contributed by atoms with E-state index in [1.165, 1.54) is 35.9 Å². The first kappa shape index (κ1) is 12.0. The van der Waals surface area contributed by atoms with Gasteiger partial charge in [0.1, 0.15) is 0 Å². The molecule has 2 aromatic rings. The van der Waals surface area contributed by atoms with Crippen LogP contribution in [0.1, 0.15) is 31.4 Å². The highest BCUT2D eigenvalue weighted by atomic mass is 15.0. The Morgan fingerprint density at radius 1 is 1.18 bits per heavy atom. The van der Waals surface area contributed by atoms with Gasteiger partial charge in [-0.2, -0.15) is 0 Å². The molecule has 0 atom stereocenters. The second-order valence-electron chi connectivity index (χ2n) is 4.63. The van der Waals surface area contributed by atoms with E-state index in [1.54, 1.807) is 0 Å². The van der Waals surface area contributed by atoms with Gasteiger partial charge >= 0.3 is 0 Å². The summed E-state index contributed by atoms with van der Waals surface area (Å²) >= 11 is 0. The van der Waals surface area contributed by atoms with Crippen LogP contribution in [0.15, 0.2) is 43.0 Å². The van der Waals surface area contributed by atoms with Crippen molar-refractivity contribution in [1.82, 2.24) is 4.57 Å². The molecule has 0 aliphatic carbocycles. The van der Waals surface area contributed by atoms with Crippen molar-refractivity contribution < 1.29 is 0 Å². The second kappa shape index (κ2) is 5.72. The lowest BCUT2D eigenvalue weighted by Gasteiger charge is -2.07. The number of hydrogen-bond acceptors (Lipinski definition) is 0. The summed E-state index contributed by atoms with van der Waals surface area (Å²) in [5.74, 6) is 0. The molecule has 17 heavy (non-hydrogen) atoms. The largest absolute Gasteiger partial charge is 0.345 e. The maximum absolute atomic E-state index is 3.76. The molecular weight excluding hydrogens is 206 g/mol. The van der Waals surface area contributed by atoms with Crippen LogP contribution in [0.5, 0.6) is 0 Å². The molecule has 0 aliphatic heterocycles. The monoisotopic (exact) mass is 227 g/mol. The van der Waals surface area contributed by atoms with E-state index in [4.69, 9.17) is 0 Å². The van der Waals surface area contributed by atoms with Gasteiger partial charge in [-0.3, -0.25) is 0 Å². The highest BCUT2D eigenvalue weighted by molar-refractivity contribution is 5.81. The van der Waals surface area contributed by atoms with Gasteiger partial charge in [-0.25, -0.2) is 0 Å². The molecule has 0 N–H and O–H groups in total. The van der Waals surface area contributed by atoms with Crippen LogP contribution in [-0.4, -0.2) is 4.57 Å². The van der Waals surface area contributed by atoms with E-state index in [0.29, 0.717) is 0 Å². The molecule has 0 bridgehead atoms. The normalized spacial score (nSPS) is 10.9. The van der Waals surface area contributed by atoms with Crippen molar-refractivity contribution in [1.29, 1.82) is 0 Å². The third kappa shape index (κ3) is 2.79. The average Bonchev–Trinajstić information content (AvgIpc) is 2.65. The Morgan fingerprint density at radius 2 is 2.00 bits per heavy atom. The lowest BCUT2D eigenvalue weighted by atomic mass is 10.2. The van der Waals surface area contributed by atoms with E-state index in [-0.39, 0.29) is 0 Å². The van der Waals surface area contributed by atoms with Gasteiger partial charge < -0.3 is 4.57 Å². The molecule has 0 aliphatic rings. The van der Waals surface area contributed by atoms with E-state index < -0.39 is 0 Å². The second-order valence-corrected chi connectivity index (χ2v) is 4.63. The molecule has 90 valence electrons. The third-order valence-electron chi connectivity index (χ3n) is 3.31. The van der Waals surface area contributed by atoms with Gasteiger partial charge in [-0.15, -0.1) is 6.58 Å². The quantitative estimate of drug-likeness (QED) is 0.498. The lowest BCUT2D eigenvalue weighted by Crippen LogP contribution is -1.99. The number of hydrogen-bond donors (Lipinski definition) is 0. The van der Waals surface area contributed by atoms with Crippen LogP contribution in [0, 0.1) is 6.92 Å². The van der Waals surface area contributed by atoms with Gasteiger partial charge in [-0.05, 0) is 43.7 Å². The zero-order chi connectivity index (χ0) is 12.1. The number of fused-ring (bicyclic) bond motifs is 1. The topological polar surface area (TPSA) is 4.93 Å². The molecule has 1 aromatic heterocycles. The number of benzene rings is 1. The summed E-state index contributed by atoms with van der Waals surface area (Å²) in [4.78, 5) is 0. The number of para-hydroxylation sites is 1. The van der Waals surface area contributed by atoms with Gasteiger partial charge in [0, 0.05) is 17.8 Å². The number of aromatic nitrogens is 1.